The van der Waals surface area contributed by atoms with Crippen LogP contribution in [0.25, 0.3) is 0 Å². The van der Waals surface area contributed by atoms with Crippen molar-refractivity contribution >= 4 is 29.2 Å². The van der Waals surface area contributed by atoms with Crippen molar-refractivity contribution in [1.29, 1.82) is 0 Å². The van der Waals surface area contributed by atoms with E-state index in [0.717, 1.165) is 24.1 Å². The van der Waals surface area contributed by atoms with Gasteiger partial charge in [-0.3, -0.25) is 0 Å². The van der Waals surface area contributed by atoms with Crippen molar-refractivity contribution in [3.8, 4) is 11.5 Å². The highest BCUT2D eigenvalue weighted by Gasteiger charge is 2.24. The molecule has 6 nitrogen and oxygen atoms in total. The van der Waals surface area contributed by atoms with Gasteiger partial charge in [0.25, 0.3) is 0 Å². The molecule has 8 heteroatoms. The fourth-order valence-electron chi connectivity index (χ4n) is 3.41. The molecule has 1 heterocycles. The van der Waals surface area contributed by atoms with E-state index >= 15 is 0 Å². The fourth-order valence-corrected chi connectivity index (χ4v) is 3.94. The van der Waals surface area contributed by atoms with E-state index in [4.69, 9.17) is 37.4 Å². The number of hydrogen-bond donors (Lipinski definition) is 1. The van der Waals surface area contributed by atoms with Crippen LogP contribution in [0.5, 0.6) is 11.5 Å². The Labute approximate surface area is 217 Å². The summed E-state index contributed by atoms with van der Waals surface area (Å²) in [7, 11) is 5.03. The van der Waals surface area contributed by atoms with Crippen LogP contribution in [-0.2, 0) is 17.6 Å². The zero-order valence-corrected chi connectivity index (χ0v) is 22.3. The SMILES string of the molecule is CC.CNCCc1ccc(C(=O)OC(Cc2c(Cl)c[nH+]cc2Cl)c2ccc(OC)c(OC)c2)cc1. The monoisotopic (exact) mass is 519 g/mol. The molecule has 0 amide bonds. The van der Waals surface area contributed by atoms with Gasteiger partial charge in [-0.25, -0.2) is 9.78 Å². The third-order valence-corrected chi connectivity index (χ3v) is 5.94. The number of ether oxygens (including phenoxy) is 3. The highest BCUT2D eigenvalue weighted by Crippen LogP contribution is 2.35. The maximum Gasteiger partial charge on any atom is 0.338 e. The molecule has 188 valence electrons. The van der Waals surface area contributed by atoms with Gasteiger partial charge in [-0.05, 0) is 55.4 Å². The van der Waals surface area contributed by atoms with Gasteiger partial charge in [-0.2, -0.15) is 0 Å². The number of aromatic nitrogens is 1. The van der Waals surface area contributed by atoms with Crippen LogP contribution in [-0.4, -0.2) is 33.8 Å². The van der Waals surface area contributed by atoms with Gasteiger partial charge in [0.05, 0.1) is 19.8 Å². The lowest BCUT2D eigenvalue weighted by molar-refractivity contribution is -0.377. The van der Waals surface area contributed by atoms with E-state index in [2.05, 4.69) is 10.3 Å². The number of likely N-dealkylation sites (N-methyl/N-ethyl adjacent to an activating group) is 1. The summed E-state index contributed by atoms with van der Waals surface area (Å²) in [6.45, 7) is 4.86. The van der Waals surface area contributed by atoms with Crippen LogP contribution in [0.4, 0.5) is 0 Å². The summed E-state index contributed by atoms with van der Waals surface area (Å²) >= 11 is 12.7. The molecule has 0 aliphatic rings. The highest BCUT2D eigenvalue weighted by atomic mass is 35.5. The van der Waals surface area contributed by atoms with Crippen LogP contribution in [0.1, 0.15) is 47.0 Å². The summed E-state index contributed by atoms with van der Waals surface area (Å²) in [4.78, 5) is 15.9. The van der Waals surface area contributed by atoms with Crippen LogP contribution in [0.3, 0.4) is 0 Å². The Morgan fingerprint density at radius 2 is 1.60 bits per heavy atom. The second-order valence-corrected chi connectivity index (χ2v) is 8.21. The van der Waals surface area contributed by atoms with Crippen molar-refractivity contribution in [3.05, 3.63) is 87.2 Å². The van der Waals surface area contributed by atoms with Gasteiger partial charge in [-0.1, -0.05) is 55.2 Å². The third-order valence-electron chi connectivity index (χ3n) is 5.27. The quantitative estimate of drug-likeness (QED) is 0.345. The largest absolute Gasteiger partial charge is 0.493 e. The van der Waals surface area contributed by atoms with Crippen molar-refractivity contribution in [2.45, 2.75) is 32.8 Å². The highest BCUT2D eigenvalue weighted by molar-refractivity contribution is 6.35. The molecule has 0 fully saturated rings. The number of methoxy groups -OCH3 is 2. The molecule has 2 aromatic carbocycles. The predicted octanol–water partition coefficient (Wildman–Crippen LogP) is 5.75. The van der Waals surface area contributed by atoms with Crippen LogP contribution in [0.2, 0.25) is 10.0 Å². The molecule has 0 radical (unpaired) electrons. The van der Waals surface area contributed by atoms with Crippen molar-refractivity contribution in [2.24, 2.45) is 0 Å². The second-order valence-electron chi connectivity index (χ2n) is 7.39. The van der Waals surface area contributed by atoms with Crippen molar-refractivity contribution in [2.75, 3.05) is 27.8 Å². The van der Waals surface area contributed by atoms with Crippen molar-refractivity contribution in [3.63, 3.8) is 0 Å². The van der Waals surface area contributed by atoms with E-state index in [1.807, 2.05) is 39.1 Å². The van der Waals surface area contributed by atoms with Crippen molar-refractivity contribution in [1.82, 2.24) is 5.32 Å². The first kappa shape index (κ1) is 28.4. The van der Waals surface area contributed by atoms with E-state index in [-0.39, 0.29) is 6.42 Å². The molecule has 1 unspecified atom stereocenters. The predicted molar refractivity (Wildman–Crippen MR) is 140 cm³/mol. The normalized spacial score (nSPS) is 11.2. The number of nitrogens with one attached hydrogen (secondary N) is 2. The summed E-state index contributed by atoms with van der Waals surface area (Å²) in [6.07, 6.45) is 3.79. The molecule has 3 rings (SSSR count). The molecule has 0 aliphatic carbocycles. The lowest BCUT2D eigenvalue weighted by Crippen LogP contribution is -2.16. The van der Waals surface area contributed by atoms with Gasteiger partial charge in [-0.15, -0.1) is 0 Å². The zero-order chi connectivity index (χ0) is 25.8. The maximum atomic E-state index is 13.0. The molecule has 35 heavy (non-hydrogen) atoms. The number of H-pyrrole nitrogens is 1. The Kier molecular flexibility index (Phi) is 11.8. The van der Waals surface area contributed by atoms with E-state index in [0.29, 0.717) is 32.7 Å². The molecule has 0 saturated carbocycles. The fraction of sp³-hybridized carbons (Fsp3) is 0.333. The van der Waals surface area contributed by atoms with Gasteiger partial charge in [0.1, 0.15) is 16.1 Å². The lowest BCUT2D eigenvalue weighted by atomic mass is 10.0. The standard InChI is InChI=1S/C25H26Cl2N2O4.C2H6/c1-28-11-10-16-4-6-17(7-5-16)25(30)33-23(13-19-20(26)14-29-15-21(19)27)18-8-9-22(31-2)24(12-18)32-3;1-2/h4-9,12,14-15,23,28H,10-11,13H2,1-3H3;1-2H3/p+1. The zero-order valence-electron chi connectivity index (χ0n) is 20.8. The van der Waals surface area contributed by atoms with Gasteiger partial charge in [0.15, 0.2) is 23.9 Å². The molecule has 0 saturated heterocycles. The number of carbonyl (C=O) groups excluding carboxylic acids is 1. The molecule has 0 spiro atoms. The third kappa shape index (κ3) is 7.85. The summed E-state index contributed by atoms with van der Waals surface area (Å²) in [5.41, 5.74) is 3.00. The minimum atomic E-state index is -0.654. The van der Waals surface area contributed by atoms with Gasteiger partial charge in [0.2, 0.25) is 0 Å². The molecule has 3 aromatic rings. The van der Waals surface area contributed by atoms with E-state index in [9.17, 15) is 4.79 Å². The molecule has 1 aromatic heterocycles. The first-order chi connectivity index (χ1) is 17.0. The summed E-state index contributed by atoms with van der Waals surface area (Å²) < 4.78 is 16.7. The van der Waals surface area contributed by atoms with Gasteiger partial charge in [0, 0.05) is 12.0 Å². The summed E-state index contributed by atoms with van der Waals surface area (Å²) in [6, 6.07) is 12.8. The van der Waals surface area contributed by atoms with Crippen LogP contribution >= 0.6 is 23.2 Å². The molecule has 0 aliphatic heterocycles. The van der Waals surface area contributed by atoms with Crippen LogP contribution in [0.15, 0.2) is 54.9 Å². The molecule has 0 bridgehead atoms. The number of carbonyl (C=O) groups is 1. The number of halogens is 2. The summed E-state index contributed by atoms with van der Waals surface area (Å²) in [5, 5.41) is 4.03. The average Bonchev–Trinajstić information content (AvgIpc) is 2.89. The molecule has 2 N–H and O–H groups in total. The van der Waals surface area contributed by atoms with Crippen LogP contribution < -0.4 is 19.8 Å². The number of esters is 1. The Balaban J connectivity index is 0.00000210. The van der Waals surface area contributed by atoms with Crippen molar-refractivity contribution < 1.29 is 24.0 Å². The Bertz CT molecular complexity index is 1070. The maximum absolute atomic E-state index is 13.0. The molecular weight excluding hydrogens is 487 g/mol. The molecule has 1 atom stereocenters. The Morgan fingerprint density at radius 1 is 0.971 bits per heavy atom. The second kappa shape index (κ2) is 14.6. The first-order valence-electron chi connectivity index (χ1n) is 11.5. The minimum Gasteiger partial charge on any atom is -0.493 e. The first-order valence-corrected chi connectivity index (χ1v) is 12.2. The van der Waals surface area contributed by atoms with Crippen LogP contribution in [0, 0.1) is 0 Å². The smallest absolute Gasteiger partial charge is 0.338 e. The van der Waals surface area contributed by atoms with E-state index < -0.39 is 12.1 Å². The number of hydrogen-bond acceptors (Lipinski definition) is 5. The number of rotatable bonds is 10. The van der Waals surface area contributed by atoms with Gasteiger partial charge < -0.3 is 19.5 Å². The number of pyridine rings is 1. The molecular formula is C27H33Cl2N2O4+. The lowest BCUT2D eigenvalue weighted by Gasteiger charge is -2.20. The Hall–Kier alpha value is -2.80. The average molecular weight is 520 g/mol. The van der Waals surface area contributed by atoms with E-state index in [1.165, 1.54) is 0 Å². The topological polar surface area (TPSA) is 70.9 Å². The number of aromatic amines is 1. The van der Waals surface area contributed by atoms with E-state index in [1.54, 1.807) is 50.9 Å². The Morgan fingerprint density at radius 3 is 2.17 bits per heavy atom. The number of benzene rings is 2. The van der Waals surface area contributed by atoms with Gasteiger partial charge >= 0.3 is 5.97 Å². The minimum absolute atomic E-state index is 0.286. The summed E-state index contributed by atoms with van der Waals surface area (Å²) in [5.74, 6) is 0.669.